The van der Waals surface area contributed by atoms with Crippen molar-refractivity contribution in [2.45, 2.75) is 38.0 Å². The number of aromatic nitrogens is 3. The normalized spacial score (nSPS) is 11.6. The van der Waals surface area contributed by atoms with E-state index in [2.05, 4.69) is 20.8 Å². The molecule has 2 amide bonds. The zero-order chi connectivity index (χ0) is 26.6. The van der Waals surface area contributed by atoms with Crippen LogP contribution in [0.5, 0.6) is 11.5 Å². The largest absolute Gasteiger partial charge is 0.497 e. The lowest BCUT2D eigenvalue weighted by atomic mass is 10.1. The number of hydrogen-bond donors (Lipinski definition) is 2. The summed E-state index contributed by atoms with van der Waals surface area (Å²) in [4.78, 5) is 25.5. The highest BCUT2D eigenvalue weighted by molar-refractivity contribution is 7.99. The third-order valence-corrected chi connectivity index (χ3v) is 7.03. The van der Waals surface area contributed by atoms with Gasteiger partial charge in [-0.2, -0.15) is 11.8 Å². The Balaban J connectivity index is 1.67. The number of methoxy groups -OCH3 is 1. The average Bonchev–Trinajstić information content (AvgIpc) is 3.34. The quantitative estimate of drug-likeness (QED) is 0.283. The first-order chi connectivity index (χ1) is 18.0. The number of rotatable bonds is 14. The molecule has 0 saturated carbocycles. The van der Waals surface area contributed by atoms with E-state index in [1.165, 1.54) is 11.8 Å². The molecule has 198 valence electrons. The van der Waals surface area contributed by atoms with Crippen molar-refractivity contribution in [3.8, 4) is 11.5 Å². The van der Waals surface area contributed by atoms with Gasteiger partial charge in [-0.05, 0) is 80.8 Å². The summed E-state index contributed by atoms with van der Waals surface area (Å²) in [6, 6.07) is 13.9. The fourth-order valence-corrected chi connectivity index (χ4v) is 4.86. The summed E-state index contributed by atoms with van der Waals surface area (Å²) in [5.74, 6) is 2.81. The number of carbonyl (C=O) groups excluding carboxylic acids is 2. The van der Waals surface area contributed by atoms with Gasteiger partial charge in [0.2, 0.25) is 5.91 Å². The van der Waals surface area contributed by atoms with Gasteiger partial charge in [0.25, 0.3) is 5.91 Å². The molecule has 0 aliphatic rings. The number of ether oxygens (including phenoxy) is 2. The van der Waals surface area contributed by atoms with Crippen molar-refractivity contribution in [3.63, 3.8) is 0 Å². The van der Waals surface area contributed by atoms with Crippen molar-refractivity contribution >= 4 is 41.0 Å². The zero-order valence-electron chi connectivity index (χ0n) is 21.5. The second-order valence-corrected chi connectivity index (χ2v) is 9.84. The topological polar surface area (TPSA) is 107 Å². The molecule has 3 rings (SSSR count). The number of carbonyl (C=O) groups is 2. The highest BCUT2D eigenvalue weighted by Crippen LogP contribution is 2.25. The fraction of sp³-hybridized carbons (Fsp3) is 0.385. The Morgan fingerprint density at radius 2 is 1.73 bits per heavy atom. The van der Waals surface area contributed by atoms with Crippen molar-refractivity contribution < 1.29 is 19.1 Å². The van der Waals surface area contributed by atoms with Gasteiger partial charge in [0, 0.05) is 17.8 Å². The molecule has 0 fully saturated rings. The number of benzene rings is 2. The summed E-state index contributed by atoms with van der Waals surface area (Å²) in [6.45, 7) is 5.12. The molecule has 1 aromatic heterocycles. The first-order valence-corrected chi connectivity index (χ1v) is 14.4. The minimum atomic E-state index is -0.318. The Bertz CT molecular complexity index is 1150. The van der Waals surface area contributed by atoms with Crippen LogP contribution in [0.1, 0.15) is 42.5 Å². The molecule has 9 nitrogen and oxygen atoms in total. The third kappa shape index (κ3) is 8.16. The van der Waals surface area contributed by atoms with Crippen LogP contribution in [0.25, 0.3) is 0 Å². The maximum atomic E-state index is 13.0. The van der Waals surface area contributed by atoms with Crippen molar-refractivity contribution in [3.05, 3.63) is 59.9 Å². The predicted molar refractivity (Wildman–Crippen MR) is 149 cm³/mol. The molecule has 0 bridgehead atoms. The molecule has 2 aromatic carbocycles. The van der Waals surface area contributed by atoms with Crippen LogP contribution < -0.4 is 20.1 Å². The van der Waals surface area contributed by atoms with Crippen molar-refractivity contribution in [2.24, 2.45) is 0 Å². The fourth-order valence-electron chi connectivity index (χ4n) is 3.58. The molecule has 37 heavy (non-hydrogen) atoms. The molecular formula is C26H33N5O4S2. The molecule has 1 heterocycles. The first-order valence-electron chi connectivity index (χ1n) is 12.0. The molecule has 2 N–H and O–H groups in total. The van der Waals surface area contributed by atoms with Crippen molar-refractivity contribution in [1.29, 1.82) is 0 Å². The Hall–Kier alpha value is -3.18. The summed E-state index contributed by atoms with van der Waals surface area (Å²) in [7, 11) is 1.59. The number of nitrogens with one attached hydrogen (secondary N) is 2. The monoisotopic (exact) mass is 543 g/mol. The van der Waals surface area contributed by atoms with Gasteiger partial charge in [0.05, 0.1) is 25.5 Å². The van der Waals surface area contributed by atoms with E-state index in [4.69, 9.17) is 9.47 Å². The van der Waals surface area contributed by atoms with E-state index < -0.39 is 0 Å². The van der Waals surface area contributed by atoms with Crippen molar-refractivity contribution in [1.82, 2.24) is 20.1 Å². The lowest BCUT2D eigenvalue weighted by Gasteiger charge is -2.19. The minimum absolute atomic E-state index is 0.145. The van der Waals surface area contributed by atoms with Crippen LogP contribution >= 0.6 is 23.5 Å². The molecule has 3 aromatic rings. The van der Waals surface area contributed by atoms with E-state index in [9.17, 15) is 9.59 Å². The van der Waals surface area contributed by atoms with Crippen LogP contribution in [0.3, 0.4) is 0 Å². The van der Waals surface area contributed by atoms with Gasteiger partial charge >= 0.3 is 0 Å². The minimum Gasteiger partial charge on any atom is -0.497 e. The predicted octanol–water partition coefficient (Wildman–Crippen LogP) is 4.66. The van der Waals surface area contributed by atoms with Gasteiger partial charge in [0.15, 0.2) is 11.0 Å². The molecule has 0 spiro atoms. The van der Waals surface area contributed by atoms with Crippen LogP contribution in [0.15, 0.2) is 53.7 Å². The summed E-state index contributed by atoms with van der Waals surface area (Å²) >= 11 is 3.01. The second kappa shape index (κ2) is 14.5. The highest BCUT2D eigenvalue weighted by Gasteiger charge is 2.23. The first kappa shape index (κ1) is 28.4. The molecule has 0 aliphatic heterocycles. The van der Waals surface area contributed by atoms with E-state index in [1.807, 2.05) is 48.9 Å². The second-order valence-electron chi connectivity index (χ2n) is 7.92. The molecule has 0 aliphatic carbocycles. The smallest absolute Gasteiger partial charge is 0.251 e. The highest BCUT2D eigenvalue weighted by atomic mass is 32.2. The van der Waals surface area contributed by atoms with Gasteiger partial charge in [-0.25, -0.2) is 0 Å². The molecular weight excluding hydrogens is 510 g/mol. The van der Waals surface area contributed by atoms with E-state index in [0.717, 1.165) is 11.5 Å². The van der Waals surface area contributed by atoms with Crippen LogP contribution in [-0.4, -0.2) is 58.1 Å². The van der Waals surface area contributed by atoms with Gasteiger partial charge in [-0.15, -0.1) is 10.2 Å². The van der Waals surface area contributed by atoms with Gasteiger partial charge in [0.1, 0.15) is 11.5 Å². The summed E-state index contributed by atoms with van der Waals surface area (Å²) in [6.07, 6.45) is 2.72. The number of amides is 2. The van der Waals surface area contributed by atoms with Crippen LogP contribution in [0, 0.1) is 0 Å². The number of hydrogen-bond acceptors (Lipinski definition) is 8. The standard InChI is InChI=1S/C26H33N5O4S2/c1-5-31-24(22(15-16-36-4)28-25(33)18-7-11-20(34-3)12-8-18)29-30-26(31)37-17-23(32)27-19-9-13-21(14-10-19)35-6-2/h7-14,22H,5-6,15-17H2,1-4H3,(H,27,32)(H,28,33). The van der Waals surface area contributed by atoms with E-state index in [1.54, 1.807) is 43.1 Å². The summed E-state index contributed by atoms with van der Waals surface area (Å²) in [5, 5.41) is 15.4. The Morgan fingerprint density at radius 1 is 1.03 bits per heavy atom. The maximum Gasteiger partial charge on any atom is 0.251 e. The summed E-state index contributed by atoms with van der Waals surface area (Å²) < 4.78 is 12.6. The number of anilines is 1. The lowest BCUT2D eigenvalue weighted by molar-refractivity contribution is -0.113. The SMILES string of the molecule is CCOc1ccc(NC(=O)CSc2nnc(C(CCSC)NC(=O)c3ccc(OC)cc3)n2CC)cc1. The Kier molecular flexibility index (Phi) is 11.2. The van der Waals surface area contributed by atoms with Crippen molar-refractivity contribution in [2.75, 3.05) is 36.8 Å². The Labute approximate surface area is 226 Å². The average molecular weight is 544 g/mol. The van der Waals surface area contributed by atoms with E-state index in [-0.39, 0.29) is 23.6 Å². The molecule has 0 radical (unpaired) electrons. The van der Waals surface area contributed by atoms with Crippen LogP contribution in [-0.2, 0) is 11.3 Å². The number of thioether (sulfide) groups is 2. The zero-order valence-corrected chi connectivity index (χ0v) is 23.2. The maximum absolute atomic E-state index is 13.0. The van der Waals surface area contributed by atoms with E-state index in [0.29, 0.717) is 47.6 Å². The molecule has 0 saturated heterocycles. The number of nitrogens with zero attached hydrogens (tertiary/aromatic N) is 3. The summed E-state index contributed by atoms with van der Waals surface area (Å²) in [5.41, 5.74) is 1.24. The van der Waals surface area contributed by atoms with Gasteiger partial charge < -0.3 is 24.7 Å². The molecule has 11 heteroatoms. The van der Waals surface area contributed by atoms with Gasteiger partial charge in [-0.3, -0.25) is 9.59 Å². The Morgan fingerprint density at radius 3 is 2.35 bits per heavy atom. The van der Waals surface area contributed by atoms with Crippen LogP contribution in [0.2, 0.25) is 0 Å². The third-order valence-electron chi connectivity index (χ3n) is 5.42. The lowest BCUT2D eigenvalue weighted by Crippen LogP contribution is -2.31. The molecule has 1 unspecified atom stereocenters. The van der Waals surface area contributed by atoms with Gasteiger partial charge in [-0.1, -0.05) is 11.8 Å². The molecule has 1 atom stereocenters. The van der Waals surface area contributed by atoms with E-state index >= 15 is 0 Å². The van der Waals surface area contributed by atoms with Crippen LogP contribution in [0.4, 0.5) is 5.69 Å².